The van der Waals surface area contributed by atoms with Gasteiger partial charge in [0.2, 0.25) is 5.88 Å². The number of ether oxygens (including phenoxy) is 3. The number of halogens is 1. The molecule has 0 fully saturated rings. The molecule has 0 aliphatic heterocycles. The molecule has 3 aromatic heterocycles. The van der Waals surface area contributed by atoms with Crippen LogP contribution in [0.15, 0.2) is 53.8 Å². The van der Waals surface area contributed by atoms with Crippen LogP contribution in [0.1, 0.15) is 11.1 Å². The summed E-state index contributed by atoms with van der Waals surface area (Å²) >= 11 is 3.59. The zero-order valence-corrected chi connectivity index (χ0v) is 17.5. The minimum Gasteiger partial charge on any atom is -0.493 e. The smallest absolute Gasteiger partial charge is 0.245 e. The molecule has 0 spiro atoms. The molecule has 8 nitrogen and oxygen atoms in total. The summed E-state index contributed by atoms with van der Waals surface area (Å²) in [5.74, 6) is 1.75. The summed E-state index contributed by atoms with van der Waals surface area (Å²) < 4.78 is 19.4. The summed E-state index contributed by atoms with van der Waals surface area (Å²) in [5.41, 5.74) is 3.24. The number of nitrogens with zero attached hydrogens (tertiary/aromatic N) is 5. The van der Waals surface area contributed by atoms with Crippen LogP contribution in [-0.2, 0) is 13.2 Å². The molecule has 1 aromatic carbocycles. The summed E-state index contributed by atoms with van der Waals surface area (Å²) in [4.78, 5) is 17.2. The van der Waals surface area contributed by atoms with Gasteiger partial charge in [0.1, 0.15) is 12.9 Å². The molecule has 0 amide bonds. The second-order valence-corrected chi connectivity index (χ2v) is 7.03. The van der Waals surface area contributed by atoms with Crippen molar-refractivity contribution in [2.75, 3.05) is 14.2 Å². The monoisotopic (exact) mass is 455 g/mol. The Morgan fingerprint density at radius 3 is 2.66 bits per heavy atom. The van der Waals surface area contributed by atoms with E-state index < -0.39 is 0 Å². The van der Waals surface area contributed by atoms with E-state index in [1.54, 1.807) is 32.9 Å². The zero-order chi connectivity index (χ0) is 20.2. The maximum absolute atomic E-state index is 5.85. The Hall–Kier alpha value is -3.20. The Morgan fingerprint density at radius 2 is 1.90 bits per heavy atom. The highest BCUT2D eigenvalue weighted by atomic mass is 79.9. The molecule has 0 atom stereocenters. The van der Waals surface area contributed by atoms with Gasteiger partial charge >= 0.3 is 0 Å². The Balaban J connectivity index is 1.61. The lowest BCUT2D eigenvalue weighted by Gasteiger charge is -2.12. The van der Waals surface area contributed by atoms with Gasteiger partial charge < -0.3 is 18.8 Å². The van der Waals surface area contributed by atoms with Crippen molar-refractivity contribution in [3.05, 3.63) is 64.9 Å². The molecule has 0 saturated carbocycles. The van der Waals surface area contributed by atoms with E-state index in [1.165, 1.54) is 6.33 Å². The number of hydrogen-bond donors (Lipinski definition) is 0. The van der Waals surface area contributed by atoms with Gasteiger partial charge in [0.05, 0.1) is 27.1 Å². The Bertz CT molecular complexity index is 1130. The summed E-state index contributed by atoms with van der Waals surface area (Å²) in [7, 11) is 3.22. The van der Waals surface area contributed by atoms with Gasteiger partial charge in [-0.05, 0) is 23.8 Å². The Kier molecular flexibility index (Phi) is 5.57. The minimum absolute atomic E-state index is 0.355. The fourth-order valence-electron chi connectivity index (χ4n) is 2.92. The van der Waals surface area contributed by atoms with Crippen LogP contribution in [0.3, 0.4) is 0 Å². The quantitative estimate of drug-likeness (QED) is 0.420. The maximum Gasteiger partial charge on any atom is 0.245 e. The van der Waals surface area contributed by atoms with Crippen LogP contribution in [0.4, 0.5) is 0 Å². The molecule has 9 heteroatoms. The highest BCUT2D eigenvalue weighted by molar-refractivity contribution is 9.10. The van der Waals surface area contributed by atoms with E-state index in [0.29, 0.717) is 41.7 Å². The van der Waals surface area contributed by atoms with Gasteiger partial charge in [-0.1, -0.05) is 22.0 Å². The predicted molar refractivity (Wildman–Crippen MR) is 110 cm³/mol. The van der Waals surface area contributed by atoms with E-state index in [2.05, 4.69) is 35.9 Å². The molecule has 0 saturated heterocycles. The standard InChI is InChI=1S/C20H18BrN5O3/c1-27-16-6-14(15(21)7-17(16)28-2)9-26-12-25-18-19(26)23-11-24-20(18)29-10-13-4-3-5-22-8-13/h3-8,11-12H,9-10H2,1-2H3. The molecule has 3 heterocycles. The van der Waals surface area contributed by atoms with Gasteiger partial charge in [-0.2, -0.15) is 4.98 Å². The summed E-state index contributed by atoms with van der Waals surface area (Å²) in [6.07, 6.45) is 6.67. The van der Waals surface area contributed by atoms with Crippen molar-refractivity contribution < 1.29 is 14.2 Å². The van der Waals surface area contributed by atoms with Gasteiger partial charge in [0.25, 0.3) is 0 Å². The van der Waals surface area contributed by atoms with Crippen molar-refractivity contribution in [1.29, 1.82) is 0 Å². The van der Waals surface area contributed by atoms with Crippen molar-refractivity contribution in [3.63, 3.8) is 0 Å². The van der Waals surface area contributed by atoms with Crippen LogP contribution in [0, 0.1) is 0 Å². The molecule has 4 rings (SSSR count). The van der Waals surface area contributed by atoms with Crippen LogP contribution in [0.25, 0.3) is 11.2 Å². The zero-order valence-electron chi connectivity index (χ0n) is 15.9. The molecule has 0 radical (unpaired) electrons. The normalized spacial score (nSPS) is 10.9. The number of rotatable bonds is 7. The van der Waals surface area contributed by atoms with Crippen molar-refractivity contribution in [2.45, 2.75) is 13.2 Å². The number of pyridine rings is 1. The van der Waals surface area contributed by atoms with Gasteiger partial charge in [-0.3, -0.25) is 4.98 Å². The molecule has 0 bridgehead atoms. The largest absolute Gasteiger partial charge is 0.493 e. The van der Waals surface area contributed by atoms with Gasteiger partial charge in [-0.25, -0.2) is 9.97 Å². The Morgan fingerprint density at radius 1 is 1.07 bits per heavy atom. The van der Waals surface area contributed by atoms with Gasteiger partial charge in [0.15, 0.2) is 22.7 Å². The van der Waals surface area contributed by atoms with E-state index in [1.807, 2.05) is 28.8 Å². The topological polar surface area (TPSA) is 84.2 Å². The van der Waals surface area contributed by atoms with Crippen LogP contribution in [0.5, 0.6) is 17.4 Å². The first-order valence-electron chi connectivity index (χ1n) is 8.77. The van der Waals surface area contributed by atoms with Crippen molar-refractivity contribution in [1.82, 2.24) is 24.5 Å². The summed E-state index contributed by atoms with van der Waals surface area (Å²) in [6, 6.07) is 7.61. The first kappa shape index (κ1) is 19.1. The van der Waals surface area contributed by atoms with Crippen molar-refractivity contribution >= 4 is 27.1 Å². The lowest BCUT2D eigenvalue weighted by Crippen LogP contribution is -2.03. The highest BCUT2D eigenvalue weighted by Crippen LogP contribution is 2.34. The number of hydrogen-bond acceptors (Lipinski definition) is 7. The second-order valence-electron chi connectivity index (χ2n) is 6.17. The molecule has 0 aliphatic rings. The van der Waals surface area contributed by atoms with Crippen molar-refractivity contribution in [3.8, 4) is 17.4 Å². The lowest BCUT2D eigenvalue weighted by molar-refractivity contribution is 0.296. The van der Waals surface area contributed by atoms with E-state index in [-0.39, 0.29) is 0 Å². The summed E-state index contributed by atoms with van der Waals surface area (Å²) in [6.45, 7) is 0.893. The first-order valence-corrected chi connectivity index (χ1v) is 9.57. The third-order valence-corrected chi connectivity index (χ3v) is 5.10. The fourth-order valence-corrected chi connectivity index (χ4v) is 3.36. The average molecular weight is 456 g/mol. The third kappa shape index (κ3) is 4.00. The van der Waals surface area contributed by atoms with Crippen LogP contribution >= 0.6 is 15.9 Å². The van der Waals surface area contributed by atoms with Gasteiger partial charge in [0, 0.05) is 22.4 Å². The number of methoxy groups -OCH3 is 2. The molecule has 0 unspecified atom stereocenters. The minimum atomic E-state index is 0.355. The second kappa shape index (κ2) is 8.44. The summed E-state index contributed by atoms with van der Waals surface area (Å²) in [5, 5.41) is 0. The number of benzene rings is 1. The van der Waals surface area contributed by atoms with Crippen LogP contribution in [0.2, 0.25) is 0 Å². The SMILES string of the molecule is COc1cc(Br)c(Cn2cnc3c(OCc4cccnc4)ncnc32)cc1OC. The number of imidazole rings is 1. The highest BCUT2D eigenvalue weighted by Gasteiger charge is 2.15. The van der Waals surface area contributed by atoms with Crippen LogP contribution in [-0.4, -0.2) is 38.7 Å². The lowest BCUT2D eigenvalue weighted by atomic mass is 10.2. The Labute approximate surface area is 175 Å². The van der Waals surface area contributed by atoms with E-state index in [4.69, 9.17) is 14.2 Å². The van der Waals surface area contributed by atoms with Crippen LogP contribution < -0.4 is 14.2 Å². The number of fused-ring (bicyclic) bond motifs is 1. The maximum atomic E-state index is 5.85. The third-order valence-electron chi connectivity index (χ3n) is 4.36. The predicted octanol–water partition coefficient (Wildman–Crippen LogP) is 3.63. The van der Waals surface area contributed by atoms with E-state index in [0.717, 1.165) is 15.6 Å². The number of aromatic nitrogens is 5. The van der Waals surface area contributed by atoms with E-state index >= 15 is 0 Å². The molecule has 4 aromatic rings. The average Bonchev–Trinajstić information content (AvgIpc) is 3.17. The molecule has 0 N–H and O–H groups in total. The molecular formula is C20H18BrN5O3. The fraction of sp³-hybridized carbons (Fsp3) is 0.200. The van der Waals surface area contributed by atoms with Gasteiger partial charge in [-0.15, -0.1) is 0 Å². The van der Waals surface area contributed by atoms with Crippen molar-refractivity contribution in [2.24, 2.45) is 0 Å². The molecule has 29 heavy (non-hydrogen) atoms. The van der Waals surface area contributed by atoms with E-state index in [9.17, 15) is 0 Å². The first-order chi connectivity index (χ1) is 14.2. The molecule has 0 aliphatic carbocycles. The molecule has 148 valence electrons. The molecular weight excluding hydrogens is 438 g/mol.